The van der Waals surface area contributed by atoms with Gasteiger partial charge in [-0.3, -0.25) is 14.9 Å². The molecule has 21 heavy (non-hydrogen) atoms. The van der Waals surface area contributed by atoms with Gasteiger partial charge < -0.3 is 10.4 Å². The number of nitro groups is 1. The molecule has 0 fully saturated rings. The van der Waals surface area contributed by atoms with E-state index in [1.54, 1.807) is 6.07 Å². The molecule has 2 N–H and O–H groups in total. The Morgan fingerprint density at radius 3 is 2.76 bits per heavy atom. The van der Waals surface area contributed by atoms with Crippen LogP contribution in [0.1, 0.15) is 36.5 Å². The number of nitrogens with one attached hydrogen (secondary N) is 1. The van der Waals surface area contributed by atoms with Crippen molar-refractivity contribution in [2.45, 2.75) is 26.2 Å². The molecule has 0 aliphatic heterocycles. The van der Waals surface area contributed by atoms with Gasteiger partial charge in [-0.2, -0.15) is 0 Å². The molecule has 116 valence electrons. The lowest BCUT2D eigenvalue weighted by Gasteiger charge is -2.16. The Morgan fingerprint density at radius 2 is 2.19 bits per heavy atom. The lowest BCUT2D eigenvalue weighted by molar-refractivity contribution is -0.384. The van der Waals surface area contributed by atoms with Crippen LogP contribution >= 0.6 is 22.6 Å². The first-order valence-corrected chi connectivity index (χ1v) is 7.90. The van der Waals surface area contributed by atoms with Crippen molar-refractivity contribution in [3.8, 4) is 0 Å². The second-order valence-electron chi connectivity index (χ2n) is 4.80. The van der Waals surface area contributed by atoms with Crippen LogP contribution in [0.15, 0.2) is 18.2 Å². The zero-order valence-corrected chi connectivity index (χ0v) is 14.0. The van der Waals surface area contributed by atoms with E-state index in [1.807, 2.05) is 22.6 Å². The Kier molecular flexibility index (Phi) is 7.58. The fraction of sp³-hybridized carbons (Fsp3) is 0.500. The van der Waals surface area contributed by atoms with Gasteiger partial charge in [0.15, 0.2) is 0 Å². The van der Waals surface area contributed by atoms with Crippen molar-refractivity contribution in [2.24, 2.45) is 5.92 Å². The number of nitro benzene ring substituents is 1. The summed E-state index contributed by atoms with van der Waals surface area (Å²) in [5.41, 5.74) is 0.213. The summed E-state index contributed by atoms with van der Waals surface area (Å²) in [6.45, 7) is 2.61. The molecule has 0 saturated heterocycles. The molecule has 0 aromatic heterocycles. The van der Waals surface area contributed by atoms with Gasteiger partial charge in [0, 0.05) is 28.9 Å². The van der Waals surface area contributed by atoms with Crippen molar-refractivity contribution < 1.29 is 14.8 Å². The molecule has 1 rings (SSSR count). The van der Waals surface area contributed by atoms with Crippen LogP contribution in [0.2, 0.25) is 0 Å². The topological polar surface area (TPSA) is 92.5 Å². The largest absolute Gasteiger partial charge is 0.396 e. The first-order chi connectivity index (χ1) is 9.99. The molecule has 0 bridgehead atoms. The normalized spacial score (nSPS) is 12.0. The van der Waals surface area contributed by atoms with E-state index in [4.69, 9.17) is 5.11 Å². The number of hydrogen-bond acceptors (Lipinski definition) is 4. The number of non-ortho nitro benzene ring substituents is 1. The van der Waals surface area contributed by atoms with Gasteiger partial charge in [-0.25, -0.2) is 0 Å². The van der Waals surface area contributed by atoms with Crippen LogP contribution in [0.4, 0.5) is 5.69 Å². The number of aliphatic hydroxyl groups excluding tert-OH is 1. The Bertz CT molecular complexity index is 502. The Morgan fingerprint density at radius 1 is 1.48 bits per heavy atom. The zero-order chi connectivity index (χ0) is 15.8. The summed E-state index contributed by atoms with van der Waals surface area (Å²) in [6, 6.07) is 4.23. The van der Waals surface area contributed by atoms with Crippen LogP contribution in [0.3, 0.4) is 0 Å². The SMILES string of the molecule is CCCC(CCO)CNC(=O)c1cc([N+](=O)[O-])ccc1I. The van der Waals surface area contributed by atoms with Crippen LogP contribution in [0.5, 0.6) is 0 Å². The number of aliphatic hydroxyl groups is 1. The van der Waals surface area contributed by atoms with Crippen molar-refractivity contribution in [2.75, 3.05) is 13.2 Å². The monoisotopic (exact) mass is 406 g/mol. The van der Waals surface area contributed by atoms with Gasteiger partial charge in [0.25, 0.3) is 11.6 Å². The molecule has 1 aromatic carbocycles. The maximum Gasteiger partial charge on any atom is 0.270 e. The third-order valence-electron chi connectivity index (χ3n) is 3.19. The molecule has 0 saturated carbocycles. The van der Waals surface area contributed by atoms with Gasteiger partial charge >= 0.3 is 0 Å². The summed E-state index contributed by atoms with van der Waals surface area (Å²) >= 11 is 1.98. The lowest BCUT2D eigenvalue weighted by atomic mass is 10.00. The average Bonchev–Trinajstić information content (AvgIpc) is 2.45. The summed E-state index contributed by atoms with van der Waals surface area (Å²) in [5, 5.41) is 22.6. The van der Waals surface area contributed by atoms with Gasteiger partial charge in [0.05, 0.1) is 10.5 Å². The number of halogens is 1. The minimum atomic E-state index is -0.515. The van der Waals surface area contributed by atoms with E-state index in [1.165, 1.54) is 12.1 Å². The van der Waals surface area contributed by atoms with Crippen LogP contribution in [-0.2, 0) is 0 Å². The van der Waals surface area contributed by atoms with E-state index in [-0.39, 0.29) is 24.1 Å². The molecule has 1 atom stereocenters. The fourth-order valence-electron chi connectivity index (χ4n) is 2.07. The van der Waals surface area contributed by atoms with E-state index in [2.05, 4.69) is 12.2 Å². The number of rotatable bonds is 8. The first-order valence-electron chi connectivity index (χ1n) is 6.82. The molecule has 0 heterocycles. The van der Waals surface area contributed by atoms with Crippen molar-refractivity contribution in [1.82, 2.24) is 5.32 Å². The maximum atomic E-state index is 12.2. The van der Waals surface area contributed by atoms with Crippen molar-refractivity contribution in [3.63, 3.8) is 0 Å². The molecular formula is C14H19IN2O4. The highest BCUT2D eigenvalue weighted by Crippen LogP contribution is 2.19. The van der Waals surface area contributed by atoms with Gasteiger partial charge in [0.1, 0.15) is 0 Å². The number of carbonyl (C=O) groups is 1. The highest BCUT2D eigenvalue weighted by atomic mass is 127. The van der Waals surface area contributed by atoms with E-state index in [9.17, 15) is 14.9 Å². The van der Waals surface area contributed by atoms with E-state index >= 15 is 0 Å². The number of carbonyl (C=O) groups excluding carboxylic acids is 1. The predicted molar refractivity (Wildman–Crippen MR) is 88.2 cm³/mol. The van der Waals surface area contributed by atoms with Gasteiger partial charge in [0.2, 0.25) is 0 Å². The summed E-state index contributed by atoms with van der Waals surface area (Å²) < 4.78 is 0.671. The van der Waals surface area contributed by atoms with E-state index in [0.29, 0.717) is 22.1 Å². The summed E-state index contributed by atoms with van der Waals surface area (Å²) in [6.07, 6.45) is 2.54. The fourth-order valence-corrected chi connectivity index (χ4v) is 2.65. The van der Waals surface area contributed by atoms with Crippen molar-refractivity contribution >= 4 is 34.2 Å². The molecule has 0 spiro atoms. The number of benzene rings is 1. The Hall–Kier alpha value is -1.22. The Balaban J connectivity index is 2.74. The first kappa shape index (κ1) is 17.8. The van der Waals surface area contributed by atoms with Crippen LogP contribution in [0.25, 0.3) is 0 Å². The predicted octanol–water partition coefficient (Wildman–Crippen LogP) is 2.73. The number of hydrogen-bond donors (Lipinski definition) is 2. The summed E-state index contributed by atoms with van der Waals surface area (Å²) in [5.74, 6) is -0.0950. The molecule has 1 amide bonds. The van der Waals surface area contributed by atoms with Crippen molar-refractivity contribution in [3.05, 3.63) is 37.4 Å². The standard InChI is InChI=1S/C14H19IN2O4/c1-2-3-10(6-7-18)9-16-14(19)12-8-11(17(20)21)4-5-13(12)15/h4-5,8,10,18H,2-3,6-7,9H2,1H3,(H,16,19). The second-order valence-corrected chi connectivity index (χ2v) is 5.96. The van der Waals surface area contributed by atoms with Gasteiger partial charge in [-0.1, -0.05) is 13.3 Å². The molecule has 1 aromatic rings. The lowest BCUT2D eigenvalue weighted by Crippen LogP contribution is -2.30. The molecule has 0 aliphatic rings. The highest BCUT2D eigenvalue weighted by Gasteiger charge is 2.16. The zero-order valence-electron chi connectivity index (χ0n) is 11.8. The van der Waals surface area contributed by atoms with Gasteiger partial charge in [-0.15, -0.1) is 0 Å². The Labute approximate surface area is 137 Å². The van der Waals surface area contributed by atoms with Gasteiger partial charge in [-0.05, 0) is 47.4 Å². The second kappa shape index (κ2) is 8.93. The molecule has 7 heteroatoms. The third kappa shape index (κ3) is 5.58. The quantitative estimate of drug-likeness (QED) is 0.395. The molecule has 1 unspecified atom stereocenters. The smallest absolute Gasteiger partial charge is 0.270 e. The minimum absolute atomic E-state index is 0.0921. The highest BCUT2D eigenvalue weighted by molar-refractivity contribution is 14.1. The van der Waals surface area contributed by atoms with Crippen LogP contribution in [0, 0.1) is 19.6 Å². The summed E-state index contributed by atoms with van der Waals surface area (Å²) in [4.78, 5) is 22.4. The van der Waals surface area contributed by atoms with E-state index in [0.717, 1.165) is 12.8 Å². The molecular weight excluding hydrogens is 387 g/mol. The number of nitrogens with zero attached hydrogens (tertiary/aromatic N) is 1. The third-order valence-corrected chi connectivity index (χ3v) is 4.13. The average molecular weight is 406 g/mol. The van der Waals surface area contributed by atoms with Crippen molar-refractivity contribution in [1.29, 1.82) is 0 Å². The summed E-state index contributed by atoms with van der Waals surface area (Å²) in [7, 11) is 0. The van der Waals surface area contributed by atoms with Crippen LogP contribution in [-0.4, -0.2) is 29.1 Å². The molecule has 0 radical (unpaired) electrons. The number of amides is 1. The van der Waals surface area contributed by atoms with Crippen LogP contribution < -0.4 is 5.32 Å². The minimum Gasteiger partial charge on any atom is -0.396 e. The molecule has 6 nitrogen and oxygen atoms in total. The van der Waals surface area contributed by atoms with E-state index < -0.39 is 4.92 Å². The molecule has 0 aliphatic carbocycles. The maximum absolute atomic E-state index is 12.2.